The lowest BCUT2D eigenvalue weighted by Crippen LogP contribution is -2.51. The molecule has 6 heteroatoms. The highest BCUT2D eigenvalue weighted by atomic mass is 19.1. The Bertz CT molecular complexity index is 587. The Kier molecular flexibility index (Phi) is 7.33. The largest absolute Gasteiger partial charge is 0.370 e. The Hall–Kier alpha value is -1.82. The Morgan fingerprint density at radius 2 is 1.70 bits per heavy atom. The summed E-state index contributed by atoms with van der Waals surface area (Å²) in [7, 11) is 0. The van der Waals surface area contributed by atoms with Crippen LogP contribution in [0.1, 0.15) is 32.6 Å². The summed E-state index contributed by atoms with van der Waals surface area (Å²) in [6.45, 7) is 10.4. The molecule has 0 radical (unpaired) electrons. The number of rotatable bonds is 6. The highest BCUT2D eigenvalue weighted by Gasteiger charge is 2.18. The van der Waals surface area contributed by atoms with E-state index >= 15 is 0 Å². The van der Waals surface area contributed by atoms with E-state index in [9.17, 15) is 4.39 Å². The van der Waals surface area contributed by atoms with Crippen LogP contribution >= 0.6 is 0 Å². The van der Waals surface area contributed by atoms with Crippen molar-refractivity contribution in [3.8, 4) is 0 Å². The summed E-state index contributed by atoms with van der Waals surface area (Å²) < 4.78 is 13.1. The highest BCUT2D eigenvalue weighted by molar-refractivity contribution is 5.78. The first-order valence-electron chi connectivity index (χ1n) is 10.4. The maximum absolute atomic E-state index is 13.1. The van der Waals surface area contributed by atoms with Crippen LogP contribution in [0.2, 0.25) is 0 Å². The van der Waals surface area contributed by atoms with Gasteiger partial charge in [0.1, 0.15) is 5.82 Å². The van der Waals surface area contributed by atoms with Gasteiger partial charge in [0, 0.05) is 38.4 Å². The molecular weight excluding hydrogens is 341 g/mol. The molecular formula is C21H34FN5. The SMILES string of the molecule is CC1CCN(CCCCN=C(N)N2CCN(c3ccc(F)cc3)CC2)CC1. The summed E-state index contributed by atoms with van der Waals surface area (Å²) in [6.07, 6.45) is 4.98. The molecule has 0 bridgehead atoms. The monoisotopic (exact) mass is 375 g/mol. The molecule has 2 aliphatic rings. The minimum Gasteiger partial charge on any atom is -0.370 e. The number of anilines is 1. The Morgan fingerprint density at radius 3 is 2.37 bits per heavy atom. The minimum atomic E-state index is -0.191. The number of hydrogen-bond acceptors (Lipinski definition) is 3. The number of aliphatic imine (C=N–C) groups is 1. The summed E-state index contributed by atoms with van der Waals surface area (Å²) in [5, 5.41) is 0. The Labute approximate surface area is 163 Å². The zero-order valence-electron chi connectivity index (χ0n) is 16.6. The number of piperidine rings is 1. The number of likely N-dealkylation sites (tertiary alicyclic amines) is 1. The predicted octanol–water partition coefficient (Wildman–Crippen LogP) is 2.77. The van der Waals surface area contributed by atoms with Gasteiger partial charge in [-0.2, -0.15) is 0 Å². The average Bonchev–Trinajstić information content (AvgIpc) is 2.70. The molecule has 0 spiro atoms. The fourth-order valence-corrected chi connectivity index (χ4v) is 3.87. The molecule has 2 N–H and O–H groups in total. The molecule has 0 aliphatic carbocycles. The molecule has 5 nitrogen and oxygen atoms in total. The molecule has 0 saturated carbocycles. The van der Waals surface area contributed by atoms with Gasteiger partial charge in [0.05, 0.1) is 0 Å². The zero-order chi connectivity index (χ0) is 19.1. The fraction of sp³-hybridized carbons (Fsp3) is 0.667. The summed E-state index contributed by atoms with van der Waals surface area (Å²) in [4.78, 5) is 11.6. The van der Waals surface area contributed by atoms with Crippen molar-refractivity contribution in [3.63, 3.8) is 0 Å². The number of guanidine groups is 1. The number of benzene rings is 1. The van der Waals surface area contributed by atoms with E-state index in [2.05, 4.69) is 26.6 Å². The second-order valence-corrected chi connectivity index (χ2v) is 7.92. The maximum Gasteiger partial charge on any atom is 0.191 e. The van der Waals surface area contributed by atoms with Crippen LogP contribution in [-0.4, -0.2) is 68.1 Å². The predicted molar refractivity (Wildman–Crippen MR) is 111 cm³/mol. The molecule has 0 amide bonds. The van der Waals surface area contributed by atoms with E-state index < -0.39 is 0 Å². The van der Waals surface area contributed by atoms with Crippen molar-refractivity contribution in [2.75, 3.05) is 57.3 Å². The van der Waals surface area contributed by atoms with Crippen molar-refractivity contribution in [3.05, 3.63) is 30.1 Å². The van der Waals surface area contributed by atoms with Gasteiger partial charge in [0.15, 0.2) is 5.96 Å². The van der Waals surface area contributed by atoms with Crippen LogP contribution in [0.15, 0.2) is 29.3 Å². The quantitative estimate of drug-likeness (QED) is 0.472. The van der Waals surface area contributed by atoms with Crippen LogP contribution in [0.4, 0.5) is 10.1 Å². The van der Waals surface area contributed by atoms with E-state index in [0.29, 0.717) is 5.96 Å². The van der Waals surface area contributed by atoms with Crippen molar-refractivity contribution in [2.24, 2.45) is 16.6 Å². The third-order valence-electron chi connectivity index (χ3n) is 5.83. The molecule has 0 aromatic heterocycles. The lowest BCUT2D eigenvalue weighted by Gasteiger charge is -2.36. The number of hydrogen-bond donors (Lipinski definition) is 1. The molecule has 2 fully saturated rings. The van der Waals surface area contributed by atoms with Crippen LogP contribution in [0.25, 0.3) is 0 Å². The van der Waals surface area contributed by atoms with Crippen LogP contribution < -0.4 is 10.6 Å². The van der Waals surface area contributed by atoms with Crippen molar-refractivity contribution >= 4 is 11.6 Å². The van der Waals surface area contributed by atoms with E-state index in [1.807, 2.05) is 12.1 Å². The first-order chi connectivity index (χ1) is 13.1. The number of nitrogens with two attached hydrogens (primary N) is 1. The molecule has 1 aromatic rings. The van der Waals surface area contributed by atoms with E-state index in [-0.39, 0.29) is 5.82 Å². The second kappa shape index (κ2) is 9.93. The van der Waals surface area contributed by atoms with E-state index in [0.717, 1.165) is 50.7 Å². The van der Waals surface area contributed by atoms with Gasteiger partial charge in [-0.1, -0.05) is 6.92 Å². The fourth-order valence-electron chi connectivity index (χ4n) is 3.87. The van der Waals surface area contributed by atoms with Gasteiger partial charge in [0.2, 0.25) is 0 Å². The smallest absolute Gasteiger partial charge is 0.191 e. The molecule has 2 heterocycles. The standard InChI is InChI=1S/C21H34FN5/c1-18-8-12-25(13-9-18)11-3-2-10-24-21(23)27-16-14-26(15-17-27)20-6-4-19(22)5-7-20/h4-7,18H,2-3,8-17H2,1H3,(H2,23,24). The van der Waals surface area contributed by atoms with Gasteiger partial charge in [-0.25, -0.2) is 4.39 Å². The second-order valence-electron chi connectivity index (χ2n) is 7.92. The van der Waals surface area contributed by atoms with Crippen LogP contribution in [0.3, 0.4) is 0 Å². The number of nitrogens with zero attached hydrogens (tertiary/aromatic N) is 4. The molecule has 1 aromatic carbocycles. The summed E-state index contributed by atoms with van der Waals surface area (Å²) >= 11 is 0. The molecule has 27 heavy (non-hydrogen) atoms. The zero-order valence-corrected chi connectivity index (χ0v) is 16.6. The minimum absolute atomic E-state index is 0.191. The molecule has 0 atom stereocenters. The summed E-state index contributed by atoms with van der Waals surface area (Å²) in [5.74, 6) is 1.37. The van der Waals surface area contributed by atoms with Crippen molar-refractivity contribution in [1.82, 2.24) is 9.80 Å². The van der Waals surface area contributed by atoms with Gasteiger partial charge in [-0.15, -0.1) is 0 Å². The Morgan fingerprint density at radius 1 is 1.04 bits per heavy atom. The van der Waals surface area contributed by atoms with Gasteiger partial charge >= 0.3 is 0 Å². The van der Waals surface area contributed by atoms with Crippen LogP contribution in [0, 0.1) is 11.7 Å². The third-order valence-corrected chi connectivity index (χ3v) is 5.83. The van der Waals surface area contributed by atoms with Gasteiger partial charge in [0.25, 0.3) is 0 Å². The van der Waals surface area contributed by atoms with Crippen LogP contribution in [0.5, 0.6) is 0 Å². The normalized spacial score (nSPS) is 20.3. The van der Waals surface area contributed by atoms with Crippen molar-refractivity contribution < 1.29 is 4.39 Å². The van der Waals surface area contributed by atoms with Crippen molar-refractivity contribution in [2.45, 2.75) is 32.6 Å². The molecule has 2 aliphatic heterocycles. The third kappa shape index (κ3) is 6.09. The molecule has 3 rings (SSSR count). The van der Waals surface area contributed by atoms with Crippen LogP contribution in [-0.2, 0) is 0 Å². The van der Waals surface area contributed by atoms with E-state index in [4.69, 9.17) is 5.73 Å². The molecule has 2 saturated heterocycles. The topological polar surface area (TPSA) is 48.1 Å². The van der Waals surface area contributed by atoms with Gasteiger partial charge < -0.3 is 20.4 Å². The van der Waals surface area contributed by atoms with E-state index in [1.54, 1.807) is 0 Å². The molecule has 0 unspecified atom stereocenters. The number of unbranched alkanes of at least 4 members (excludes halogenated alkanes) is 1. The Balaban J connectivity index is 1.32. The molecule has 150 valence electrons. The van der Waals surface area contributed by atoms with E-state index in [1.165, 1.54) is 51.0 Å². The number of piperazine rings is 1. The first kappa shape index (κ1) is 19.9. The average molecular weight is 376 g/mol. The highest BCUT2D eigenvalue weighted by Crippen LogP contribution is 2.17. The van der Waals surface area contributed by atoms with Gasteiger partial charge in [-0.3, -0.25) is 4.99 Å². The first-order valence-corrected chi connectivity index (χ1v) is 10.4. The lowest BCUT2D eigenvalue weighted by molar-refractivity contribution is 0.190. The number of halogens is 1. The van der Waals surface area contributed by atoms with Gasteiger partial charge in [-0.05, 0) is 75.5 Å². The maximum atomic E-state index is 13.1. The summed E-state index contributed by atoms with van der Waals surface area (Å²) in [5.41, 5.74) is 7.26. The summed E-state index contributed by atoms with van der Waals surface area (Å²) in [6, 6.07) is 6.71. The lowest BCUT2D eigenvalue weighted by atomic mass is 9.99. The van der Waals surface area contributed by atoms with Crippen molar-refractivity contribution in [1.29, 1.82) is 0 Å².